The highest BCUT2D eigenvalue weighted by Gasteiger charge is 2.19. The van der Waals surface area contributed by atoms with Gasteiger partial charge in [0.25, 0.3) is 0 Å². The molecule has 0 spiro atoms. The third kappa shape index (κ3) is 4.97. The van der Waals surface area contributed by atoms with Crippen molar-refractivity contribution in [2.75, 3.05) is 32.7 Å². The van der Waals surface area contributed by atoms with Crippen LogP contribution in [0, 0.1) is 0 Å². The Kier molecular flexibility index (Phi) is 7.36. The Morgan fingerprint density at radius 1 is 1.35 bits per heavy atom. The second-order valence-electron chi connectivity index (χ2n) is 4.26. The molecule has 20 heavy (non-hydrogen) atoms. The molecular formula is C13H22N2O3S2. The predicted molar refractivity (Wildman–Crippen MR) is 83.9 cm³/mol. The molecule has 0 atom stereocenters. The number of nitrogens with one attached hydrogen (secondary N) is 2. The van der Waals surface area contributed by atoms with E-state index in [-0.39, 0.29) is 4.90 Å². The summed E-state index contributed by atoms with van der Waals surface area (Å²) in [5, 5.41) is 3.02. The van der Waals surface area contributed by atoms with Gasteiger partial charge in [0.2, 0.25) is 10.0 Å². The number of benzene rings is 1. The molecule has 5 nitrogen and oxygen atoms in total. The van der Waals surface area contributed by atoms with Crippen molar-refractivity contribution >= 4 is 21.8 Å². The zero-order valence-corrected chi connectivity index (χ0v) is 13.7. The third-order valence-corrected chi connectivity index (χ3v) is 4.91. The second-order valence-corrected chi connectivity index (χ2v) is 6.98. The Morgan fingerprint density at radius 3 is 2.70 bits per heavy atom. The highest BCUT2D eigenvalue weighted by molar-refractivity contribution is 7.98. The molecule has 7 heteroatoms. The van der Waals surface area contributed by atoms with Gasteiger partial charge in [0.15, 0.2) is 0 Å². The van der Waals surface area contributed by atoms with Crippen LogP contribution in [0.15, 0.2) is 23.1 Å². The number of rotatable bonds is 9. The molecule has 0 saturated heterocycles. The fraction of sp³-hybridized carbons (Fsp3) is 0.538. The smallest absolute Gasteiger partial charge is 0.244 e. The minimum Gasteiger partial charge on any atom is -0.495 e. The molecular weight excluding hydrogens is 296 g/mol. The summed E-state index contributed by atoms with van der Waals surface area (Å²) < 4.78 is 32.3. The fourth-order valence-electron chi connectivity index (χ4n) is 1.75. The van der Waals surface area contributed by atoms with Crippen molar-refractivity contribution < 1.29 is 13.2 Å². The molecule has 0 saturated carbocycles. The number of hydrogen-bond acceptors (Lipinski definition) is 5. The monoisotopic (exact) mass is 318 g/mol. The summed E-state index contributed by atoms with van der Waals surface area (Å²) in [5.74, 6) is 1.30. The minimum atomic E-state index is -3.52. The molecule has 0 aromatic heterocycles. The number of thioether (sulfide) groups is 1. The van der Waals surface area contributed by atoms with Gasteiger partial charge in [-0.2, -0.15) is 11.8 Å². The van der Waals surface area contributed by atoms with Crippen LogP contribution in [-0.2, 0) is 16.6 Å². The quantitative estimate of drug-likeness (QED) is 0.675. The Balaban J connectivity index is 2.88. The zero-order valence-electron chi connectivity index (χ0n) is 12.1. The van der Waals surface area contributed by atoms with Crippen molar-refractivity contribution in [1.82, 2.24) is 10.0 Å². The van der Waals surface area contributed by atoms with Crippen LogP contribution < -0.4 is 14.8 Å². The predicted octanol–water partition coefficient (Wildman–Crippen LogP) is 1.45. The lowest BCUT2D eigenvalue weighted by atomic mass is 10.2. The van der Waals surface area contributed by atoms with Crippen molar-refractivity contribution in [1.29, 1.82) is 0 Å². The summed E-state index contributed by atoms with van der Waals surface area (Å²) in [6.45, 7) is 1.10. The molecule has 0 amide bonds. The molecule has 0 bridgehead atoms. The topological polar surface area (TPSA) is 67.4 Å². The van der Waals surface area contributed by atoms with Crippen LogP contribution in [0.1, 0.15) is 12.0 Å². The van der Waals surface area contributed by atoms with Crippen LogP contribution in [0.4, 0.5) is 0 Å². The van der Waals surface area contributed by atoms with Gasteiger partial charge >= 0.3 is 0 Å². The molecule has 0 heterocycles. The van der Waals surface area contributed by atoms with Gasteiger partial charge in [-0.15, -0.1) is 0 Å². The van der Waals surface area contributed by atoms with E-state index in [2.05, 4.69) is 10.0 Å². The van der Waals surface area contributed by atoms with Crippen LogP contribution in [0.3, 0.4) is 0 Å². The summed E-state index contributed by atoms with van der Waals surface area (Å²) >= 11 is 1.70. The first-order chi connectivity index (χ1) is 9.55. The standard InChI is InChI=1S/C13H22N2O3S2/c1-14-10-11-5-6-13(12(9-11)18-2)20(16,17)15-7-4-8-19-3/h5-6,9,14-15H,4,7-8,10H2,1-3H3. The fourth-order valence-corrected chi connectivity index (χ4v) is 3.40. The van der Waals surface area contributed by atoms with Gasteiger partial charge < -0.3 is 10.1 Å². The van der Waals surface area contributed by atoms with E-state index in [1.807, 2.05) is 13.3 Å². The summed E-state index contributed by atoms with van der Waals surface area (Å²) in [7, 11) is -0.205. The molecule has 0 radical (unpaired) electrons. The van der Waals surface area contributed by atoms with Crippen molar-refractivity contribution in [2.24, 2.45) is 0 Å². The summed E-state index contributed by atoms with van der Waals surface area (Å²) in [6.07, 6.45) is 2.80. The Hall–Kier alpha value is -0.760. The van der Waals surface area contributed by atoms with E-state index in [1.165, 1.54) is 7.11 Å². The van der Waals surface area contributed by atoms with Gasteiger partial charge in [0, 0.05) is 13.1 Å². The molecule has 114 valence electrons. The van der Waals surface area contributed by atoms with E-state index < -0.39 is 10.0 Å². The lowest BCUT2D eigenvalue weighted by Crippen LogP contribution is -2.25. The lowest BCUT2D eigenvalue weighted by molar-refractivity contribution is 0.401. The summed E-state index contributed by atoms with van der Waals surface area (Å²) in [6, 6.07) is 5.12. The minimum absolute atomic E-state index is 0.184. The maximum atomic E-state index is 12.2. The van der Waals surface area contributed by atoms with Gasteiger partial charge in [-0.1, -0.05) is 6.07 Å². The molecule has 1 aromatic carbocycles. The molecule has 0 fully saturated rings. The molecule has 1 rings (SSSR count). The third-order valence-electron chi connectivity index (χ3n) is 2.72. The summed E-state index contributed by atoms with van der Waals surface area (Å²) in [4.78, 5) is 0.184. The van der Waals surface area contributed by atoms with E-state index in [9.17, 15) is 8.42 Å². The average molecular weight is 318 g/mol. The van der Waals surface area contributed by atoms with E-state index in [0.29, 0.717) is 18.8 Å². The highest BCUT2D eigenvalue weighted by Crippen LogP contribution is 2.24. The van der Waals surface area contributed by atoms with Crippen molar-refractivity contribution in [3.63, 3.8) is 0 Å². The Morgan fingerprint density at radius 2 is 2.10 bits per heavy atom. The SMILES string of the molecule is CNCc1ccc(S(=O)(=O)NCCCSC)c(OC)c1. The van der Waals surface area contributed by atoms with Gasteiger partial charge in [-0.05, 0) is 43.2 Å². The van der Waals surface area contributed by atoms with E-state index in [4.69, 9.17) is 4.74 Å². The highest BCUT2D eigenvalue weighted by atomic mass is 32.2. The van der Waals surface area contributed by atoms with E-state index in [0.717, 1.165) is 17.7 Å². The van der Waals surface area contributed by atoms with Crippen LogP contribution >= 0.6 is 11.8 Å². The Bertz CT molecular complexity index is 518. The van der Waals surface area contributed by atoms with Gasteiger partial charge in [-0.3, -0.25) is 0 Å². The number of methoxy groups -OCH3 is 1. The molecule has 0 aliphatic heterocycles. The summed E-state index contributed by atoms with van der Waals surface area (Å²) in [5.41, 5.74) is 0.977. The average Bonchev–Trinajstić information content (AvgIpc) is 2.43. The molecule has 0 aliphatic rings. The molecule has 0 unspecified atom stereocenters. The van der Waals surface area contributed by atoms with Gasteiger partial charge in [0.05, 0.1) is 7.11 Å². The molecule has 1 aromatic rings. The zero-order chi connectivity index (χ0) is 15.0. The Labute approximate surface area is 125 Å². The van der Waals surface area contributed by atoms with E-state index in [1.54, 1.807) is 30.0 Å². The number of hydrogen-bond donors (Lipinski definition) is 2. The van der Waals surface area contributed by atoms with Crippen molar-refractivity contribution in [3.8, 4) is 5.75 Å². The maximum Gasteiger partial charge on any atom is 0.244 e. The van der Waals surface area contributed by atoms with Gasteiger partial charge in [0.1, 0.15) is 10.6 Å². The number of sulfonamides is 1. The van der Waals surface area contributed by atoms with Crippen molar-refractivity contribution in [2.45, 2.75) is 17.9 Å². The maximum absolute atomic E-state index is 12.2. The number of ether oxygens (including phenoxy) is 1. The van der Waals surface area contributed by atoms with Crippen LogP contribution in [0.5, 0.6) is 5.75 Å². The first-order valence-corrected chi connectivity index (χ1v) is 9.23. The van der Waals surface area contributed by atoms with Crippen LogP contribution in [0.2, 0.25) is 0 Å². The lowest BCUT2D eigenvalue weighted by Gasteiger charge is -2.12. The first-order valence-electron chi connectivity index (χ1n) is 6.35. The largest absolute Gasteiger partial charge is 0.495 e. The second kappa shape index (κ2) is 8.51. The van der Waals surface area contributed by atoms with Crippen LogP contribution in [-0.4, -0.2) is 41.1 Å². The normalized spacial score (nSPS) is 11.6. The van der Waals surface area contributed by atoms with Crippen molar-refractivity contribution in [3.05, 3.63) is 23.8 Å². The van der Waals surface area contributed by atoms with Crippen LogP contribution in [0.25, 0.3) is 0 Å². The first kappa shape index (κ1) is 17.3. The molecule has 0 aliphatic carbocycles. The van der Waals surface area contributed by atoms with Gasteiger partial charge in [-0.25, -0.2) is 13.1 Å². The molecule has 2 N–H and O–H groups in total. The van der Waals surface area contributed by atoms with E-state index >= 15 is 0 Å².